The number of hydrogen-bond acceptors (Lipinski definition) is 5. The molecule has 3 amide bonds. The van der Waals surface area contributed by atoms with Crippen molar-refractivity contribution >= 4 is 40.9 Å². The van der Waals surface area contributed by atoms with E-state index in [0.29, 0.717) is 18.6 Å². The Morgan fingerprint density at radius 2 is 2.03 bits per heavy atom. The highest BCUT2D eigenvalue weighted by Gasteiger charge is 2.53. The van der Waals surface area contributed by atoms with Gasteiger partial charge in [-0.05, 0) is 43.7 Å². The Bertz CT molecular complexity index is 1040. The van der Waals surface area contributed by atoms with Crippen LogP contribution >= 0.6 is 11.8 Å². The van der Waals surface area contributed by atoms with E-state index in [1.165, 1.54) is 41.1 Å². The molecule has 0 radical (unpaired) electrons. The highest BCUT2D eigenvalue weighted by atomic mass is 32.2. The summed E-state index contributed by atoms with van der Waals surface area (Å²) in [4.78, 5) is 38.0. The summed E-state index contributed by atoms with van der Waals surface area (Å²) in [5.41, 5.74) is -1.66. The van der Waals surface area contributed by atoms with E-state index in [9.17, 15) is 27.6 Å². The monoisotopic (exact) mass is 453 g/mol. The summed E-state index contributed by atoms with van der Waals surface area (Å²) in [5.74, 6) is -1.30. The maximum Gasteiger partial charge on any atom is 0.418 e. The molecule has 0 spiro atoms. The van der Waals surface area contributed by atoms with Crippen molar-refractivity contribution in [1.29, 1.82) is 0 Å². The average Bonchev–Trinajstić information content (AvgIpc) is 3.40. The molecule has 2 aliphatic heterocycles. The molecule has 3 heterocycles. The number of alkyl halides is 3. The molecule has 11 heteroatoms. The van der Waals surface area contributed by atoms with Crippen LogP contribution in [0.5, 0.6) is 0 Å². The quantitative estimate of drug-likeness (QED) is 0.732. The molecule has 4 rings (SSSR count). The van der Waals surface area contributed by atoms with Gasteiger partial charge in [-0.1, -0.05) is 0 Å². The van der Waals surface area contributed by atoms with E-state index < -0.39 is 40.2 Å². The number of furan rings is 1. The topological polar surface area (TPSA) is 91.7 Å². The molecule has 31 heavy (non-hydrogen) atoms. The van der Waals surface area contributed by atoms with Gasteiger partial charge in [-0.2, -0.15) is 13.2 Å². The van der Waals surface area contributed by atoms with Crippen LogP contribution in [0.15, 0.2) is 41.0 Å². The number of carbonyl (C=O) groups excluding carboxylic acids is 3. The van der Waals surface area contributed by atoms with E-state index >= 15 is 0 Å². The summed E-state index contributed by atoms with van der Waals surface area (Å²) in [5, 5.41) is 4.65. The van der Waals surface area contributed by atoms with Crippen LogP contribution in [0.4, 0.5) is 24.5 Å². The Kier molecular flexibility index (Phi) is 5.24. The summed E-state index contributed by atoms with van der Waals surface area (Å²) in [6.07, 6.45) is -2.61. The molecule has 1 aromatic heterocycles. The zero-order valence-electron chi connectivity index (χ0n) is 16.3. The van der Waals surface area contributed by atoms with E-state index in [4.69, 9.17) is 4.42 Å². The third-order valence-corrected chi connectivity index (χ3v) is 6.84. The van der Waals surface area contributed by atoms with Crippen LogP contribution in [0.2, 0.25) is 0 Å². The normalized spacial score (nSPS) is 23.0. The molecule has 164 valence electrons. The van der Waals surface area contributed by atoms with Gasteiger partial charge in [0.2, 0.25) is 11.8 Å². The second-order valence-corrected chi connectivity index (χ2v) is 8.95. The van der Waals surface area contributed by atoms with E-state index in [0.717, 1.165) is 12.1 Å². The van der Waals surface area contributed by atoms with E-state index in [1.54, 1.807) is 0 Å². The number of nitrogens with zero attached hydrogens (tertiary/aromatic N) is 1. The molecule has 0 bridgehead atoms. The fourth-order valence-electron chi connectivity index (χ4n) is 3.80. The lowest BCUT2D eigenvalue weighted by Crippen LogP contribution is -2.48. The van der Waals surface area contributed by atoms with Crippen molar-refractivity contribution in [3.05, 3.63) is 47.9 Å². The highest BCUT2D eigenvalue weighted by Crippen LogP contribution is 2.47. The highest BCUT2D eigenvalue weighted by molar-refractivity contribution is 8.01. The van der Waals surface area contributed by atoms with Crippen LogP contribution in [0.1, 0.15) is 35.9 Å². The molecule has 2 aliphatic rings. The summed E-state index contributed by atoms with van der Waals surface area (Å²) >= 11 is 1.45. The summed E-state index contributed by atoms with van der Waals surface area (Å²) < 4.78 is 45.9. The second kappa shape index (κ2) is 7.63. The van der Waals surface area contributed by atoms with Gasteiger partial charge in [0.15, 0.2) is 5.76 Å². The Morgan fingerprint density at radius 1 is 1.26 bits per heavy atom. The van der Waals surface area contributed by atoms with E-state index in [1.807, 2.05) is 6.92 Å². The molecule has 2 saturated heterocycles. The number of benzene rings is 1. The summed E-state index contributed by atoms with van der Waals surface area (Å²) in [7, 11) is 0. The third kappa shape index (κ3) is 4.01. The lowest BCUT2D eigenvalue weighted by atomic mass is 10.1. The lowest BCUT2D eigenvalue weighted by molar-refractivity contribution is -0.138. The summed E-state index contributed by atoms with van der Waals surface area (Å²) in [6, 6.07) is 5.08. The van der Waals surface area contributed by atoms with Gasteiger partial charge in [0.05, 0.1) is 22.4 Å². The smallest absolute Gasteiger partial charge is 0.418 e. The summed E-state index contributed by atoms with van der Waals surface area (Å²) in [6.45, 7) is 1.85. The van der Waals surface area contributed by atoms with Gasteiger partial charge >= 0.3 is 6.18 Å². The zero-order valence-corrected chi connectivity index (χ0v) is 17.1. The molecule has 1 aromatic carbocycles. The van der Waals surface area contributed by atoms with Crippen molar-refractivity contribution in [1.82, 2.24) is 4.90 Å². The van der Waals surface area contributed by atoms with Gasteiger partial charge in [-0.15, -0.1) is 11.8 Å². The zero-order chi connectivity index (χ0) is 22.4. The number of amides is 3. The number of fused-ring (bicyclic) bond motifs is 1. The van der Waals surface area contributed by atoms with Crippen LogP contribution in [0, 0.1) is 0 Å². The minimum atomic E-state index is -4.78. The van der Waals surface area contributed by atoms with Gasteiger partial charge in [-0.3, -0.25) is 14.4 Å². The van der Waals surface area contributed by atoms with Gasteiger partial charge < -0.3 is 20.0 Å². The van der Waals surface area contributed by atoms with E-state index in [-0.39, 0.29) is 17.4 Å². The van der Waals surface area contributed by atoms with Crippen molar-refractivity contribution in [3.8, 4) is 0 Å². The van der Waals surface area contributed by atoms with Crippen molar-refractivity contribution in [2.24, 2.45) is 0 Å². The standard InChI is InChI=1S/C20H18F3N3O4S/c1-19-7-6-16(27)26(19)14(10-31-19)17(28)25-13-5-4-11(9-12(13)20(21,22)23)24-18(29)15-3-2-8-30-15/h2-5,8-9,14H,6-7,10H2,1H3,(H,24,29)(H,25,28). The minimum absolute atomic E-state index is 0.0528. The predicted molar refractivity (Wildman–Crippen MR) is 107 cm³/mol. The van der Waals surface area contributed by atoms with Gasteiger partial charge in [0.1, 0.15) is 6.04 Å². The molecule has 2 atom stereocenters. The minimum Gasteiger partial charge on any atom is -0.459 e. The Morgan fingerprint density at radius 3 is 2.71 bits per heavy atom. The molecule has 2 fully saturated rings. The van der Waals surface area contributed by atoms with Crippen LogP contribution in [0.3, 0.4) is 0 Å². The molecule has 0 aliphatic carbocycles. The fraction of sp³-hybridized carbons (Fsp3) is 0.350. The van der Waals surface area contributed by atoms with Crippen molar-refractivity contribution in [2.45, 2.75) is 36.9 Å². The van der Waals surface area contributed by atoms with E-state index in [2.05, 4.69) is 10.6 Å². The average molecular weight is 453 g/mol. The first kappa shape index (κ1) is 21.3. The van der Waals surface area contributed by atoms with Crippen LogP contribution < -0.4 is 10.6 Å². The Balaban J connectivity index is 1.56. The van der Waals surface area contributed by atoms with Gasteiger partial charge in [0, 0.05) is 17.9 Å². The third-order valence-electron chi connectivity index (χ3n) is 5.33. The number of halogens is 3. The number of carbonyl (C=O) groups is 3. The van der Waals surface area contributed by atoms with Crippen molar-refractivity contribution in [3.63, 3.8) is 0 Å². The molecular formula is C20H18F3N3O4S. The second-order valence-electron chi connectivity index (χ2n) is 7.44. The molecular weight excluding hydrogens is 435 g/mol. The van der Waals surface area contributed by atoms with Crippen LogP contribution in [-0.2, 0) is 15.8 Å². The molecule has 2 aromatic rings. The van der Waals surface area contributed by atoms with Crippen molar-refractivity contribution < 1.29 is 32.0 Å². The number of rotatable bonds is 4. The fourth-order valence-corrected chi connectivity index (χ4v) is 5.23. The first-order valence-electron chi connectivity index (χ1n) is 9.41. The Hall–Kier alpha value is -2.95. The van der Waals surface area contributed by atoms with Crippen LogP contribution in [-0.4, -0.2) is 39.3 Å². The number of thioether (sulfide) groups is 1. The maximum absolute atomic E-state index is 13.7. The van der Waals surface area contributed by atoms with Crippen molar-refractivity contribution in [2.75, 3.05) is 16.4 Å². The molecule has 2 unspecified atom stereocenters. The van der Waals surface area contributed by atoms with Gasteiger partial charge in [0.25, 0.3) is 5.91 Å². The largest absolute Gasteiger partial charge is 0.459 e. The molecule has 0 saturated carbocycles. The first-order valence-corrected chi connectivity index (χ1v) is 10.4. The molecule has 7 nitrogen and oxygen atoms in total. The Labute approximate surface area is 179 Å². The molecule has 2 N–H and O–H groups in total. The van der Waals surface area contributed by atoms with Gasteiger partial charge in [-0.25, -0.2) is 0 Å². The SMILES string of the molecule is CC12CCC(=O)N1C(C(=O)Nc1ccc(NC(=O)c3ccco3)cc1C(F)(F)F)CS2. The number of anilines is 2. The number of hydrogen-bond donors (Lipinski definition) is 2. The predicted octanol–water partition coefficient (Wildman–Crippen LogP) is 3.94. The number of nitrogens with one attached hydrogen (secondary N) is 2. The first-order chi connectivity index (χ1) is 14.6. The van der Waals surface area contributed by atoms with Crippen LogP contribution in [0.25, 0.3) is 0 Å². The lowest BCUT2D eigenvalue weighted by Gasteiger charge is -2.30. The maximum atomic E-state index is 13.7.